The second kappa shape index (κ2) is 7.38. The Morgan fingerprint density at radius 3 is 2.48 bits per heavy atom. The lowest BCUT2D eigenvalue weighted by molar-refractivity contribution is -0.115. The van der Waals surface area contributed by atoms with Gasteiger partial charge in [0, 0.05) is 15.5 Å². The number of carbonyl (C=O) groups excluding carboxylic acids is 1. The SMILES string of the molecule is Cc1ccc(-c2nc(NC(=O)Cc3ccc(Cl)cc3)sc2C)cc1C. The Labute approximate surface area is 156 Å². The van der Waals surface area contributed by atoms with Crippen LogP contribution in [0.3, 0.4) is 0 Å². The lowest BCUT2D eigenvalue weighted by Gasteiger charge is -2.04. The van der Waals surface area contributed by atoms with Gasteiger partial charge in [-0.3, -0.25) is 4.79 Å². The van der Waals surface area contributed by atoms with Crippen LogP contribution in [0.1, 0.15) is 21.6 Å². The predicted molar refractivity (Wildman–Crippen MR) is 106 cm³/mol. The van der Waals surface area contributed by atoms with Gasteiger partial charge >= 0.3 is 0 Å². The number of aromatic nitrogens is 1. The first-order valence-electron chi connectivity index (χ1n) is 8.02. The molecule has 0 aliphatic heterocycles. The monoisotopic (exact) mass is 370 g/mol. The molecule has 0 fully saturated rings. The highest BCUT2D eigenvalue weighted by molar-refractivity contribution is 7.16. The van der Waals surface area contributed by atoms with Gasteiger partial charge in [0.05, 0.1) is 12.1 Å². The molecule has 3 nitrogen and oxygen atoms in total. The molecular formula is C20H19ClN2OS. The molecule has 25 heavy (non-hydrogen) atoms. The molecule has 5 heteroatoms. The molecule has 1 amide bonds. The predicted octanol–water partition coefficient (Wildman–Crippen LogP) is 5.57. The number of halogens is 1. The third-order valence-corrected chi connectivity index (χ3v) is 5.24. The Morgan fingerprint density at radius 1 is 1.08 bits per heavy atom. The van der Waals surface area contributed by atoms with Crippen LogP contribution in [0.15, 0.2) is 42.5 Å². The lowest BCUT2D eigenvalue weighted by Crippen LogP contribution is -2.14. The zero-order chi connectivity index (χ0) is 18.0. The first-order valence-corrected chi connectivity index (χ1v) is 9.21. The molecule has 3 aromatic rings. The van der Waals surface area contributed by atoms with Crippen LogP contribution in [-0.4, -0.2) is 10.9 Å². The molecule has 0 aliphatic carbocycles. The molecule has 0 aliphatic rings. The summed E-state index contributed by atoms with van der Waals surface area (Å²) in [6.45, 7) is 6.21. The minimum Gasteiger partial charge on any atom is -0.302 e. The molecule has 0 atom stereocenters. The van der Waals surface area contributed by atoms with E-state index in [2.05, 4.69) is 42.3 Å². The van der Waals surface area contributed by atoms with Crippen LogP contribution in [0.5, 0.6) is 0 Å². The summed E-state index contributed by atoms with van der Waals surface area (Å²) in [5.41, 5.74) is 5.42. The second-order valence-corrected chi connectivity index (χ2v) is 7.71. The van der Waals surface area contributed by atoms with Crippen molar-refractivity contribution in [3.63, 3.8) is 0 Å². The quantitative estimate of drug-likeness (QED) is 0.652. The van der Waals surface area contributed by atoms with E-state index in [4.69, 9.17) is 11.6 Å². The van der Waals surface area contributed by atoms with Crippen molar-refractivity contribution in [2.45, 2.75) is 27.2 Å². The highest BCUT2D eigenvalue weighted by Gasteiger charge is 2.13. The Morgan fingerprint density at radius 2 is 1.80 bits per heavy atom. The van der Waals surface area contributed by atoms with Gasteiger partial charge in [0.1, 0.15) is 0 Å². The molecule has 0 radical (unpaired) electrons. The van der Waals surface area contributed by atoms with Crippen LogP contribution in [0.2, 0.25) is 5.02 Å². The number of hydrogen-bond donors (Lipinski definition) is 1. The molecule has 0 saturated carbocycles. The summed E-state index contributed by atoms with van der Waals surface area (Å²) in [5, 5.41) is 4.19. The number of benzene rings is 2. The molecular weight excluding hydrogens is 352 g/mol. The molecule has 2 aromatic carbocycles. The molecule has 0 saturated heterocycles. The number of amides is 1. The summed E-state index contributed by atoms with van der Waals surface area (Å²) in [7, 11) is 0. The van der Waals surface area contributed by atoms with E-state index in [1.807, 2.05) is 19.1 Å². The van der Waals surface area contributed by atoms with E-state index in [-0.39, 0.29) is 5.91 Å². The Bertz CT molecular complexity index is 916. The lowest BCUT2D eigenvalue weighted by atomic mass is 10.0. The summed E-state index contributed by atoms with van der Waals surface area (Å²) >= 11 is 7.36. The highest BCUT2D eigenvalue weighted by Crippen LogP contribution is 2.31. The minimum absolute atomic E-state index is 0.0808. The molecule has 3 rings (SSSR count). The summed E-state index contributed by atoms with van der Waals surface area (Å²) in [6.07, 6.45) is 0.300. The van der Waals surface area contributed by atoms with Crippen molar-refractivity contribution < 1.29 is 4.79 Å². The smallest absolute Gasteiger partial charge is 0.230 e. The fourth-order valence-electron chi connectivity index (χ4n) is 2.56. The maximum absolute atomic E-state index is 12.2. The van der Waals surface area contributed by atoms with E-state index < -0.39 is 0 Å². The van der Waals surface area contributed by atoms with Crippen LogP contribution in [-0.2, 0) is 11.2 Å². The first kappa shape index (κ1) is 17.6. The maximum atomic E-state index is 12.2. The van der Waals surface area contributed by atoms with Crippen molar-refractivity contribution in [1.82, 2.24) is 4.98 Å². The van der Waals surface area contributed by atoms with Gasteiger partial charge in [-0.2, -0.15) is 0 Å². The van der Waals surface area contributed by atoms with Crippen molar-refractivity contribution in [2.75, 3.05) is 5.32 Å². The van der Waals surface area contributed by atoms with Gasteiger partial charge in [-0.15, -0.1) is 11.3 Å². The number of nitrogens with one attached hydrogen (secondary N) is 1. The molecule has 0 unspecified atom stereocenters. The van der Waals surface area contributed by atoms with Crippen molar-refractivity contribution in [1.29, 1.82) is 0 Å². The number of aryl methyl sites for hydroxylation is 3. The van der Waals surface area contributed by atoms with E-state index in [1.54, 1.807) is 12.1 Å². The molecule has 1 aromatic heterocycles. The highest BCUT2D eigenvalue weighted by atomic mass is 35.5. The van der Waals surface area contributed by atoms with Crippen LogP contribution in [0.25, 0.3) is 11.3 Å². The number of hydrogen-bond acceptors (Lipinski definition) is 3. The number of nitrogens with zero attached hydrogens (tertiary/aromatic N) is 1. The third-order valence-electron chi connectivity index (χ3n) is 4.10. The van der Waals surface area contributed by atoms with Gasteiger partial charge in [0.25, 0.3) is 0 Å². The number of thiazole rings is 1. The van der Waals surface area contributed by atoms with Gasteiger partial charge in [-0.1, -0.05) is 35.9 Å². The van der Waals surface area contributed by atoms with E-state index in [0.29, 0.717) is 16.6 Å². The largest absolute Gasteiger partial charge is 0.302 e. The molecule has 0 bridgehead atoms. The van der Waals surface area contributed by atoms with E-state index in [9.17, 15) is 4.79 Å². The van der Waals surface area contributed by atoms with Crippen LogP contribution in [0.4, 0.5) is 5.13 Å². The van der Waals surface area contributed by atoms with E-state index in [1.165, 1.54) is 22.5 Å². The Balaban J connectivity index is 1.74. The molecule has 1 heterocycles. The maximum Gasteiger partial charge on any atom is 0.230 e. The Hall–Kier alpha value is -2.17. The first-order chi connectivity index (χ1) is 11.9. The van der Waals surface area contributed by atoms with Crippen LogP contribution in [0, 0.1) is 20.8 Å². The topological polar surface area (TPSA) is 42.0 Å². The van der Waals surface area contributed by atoms with Crippen molar-refractivity contribution >= 4 is 34.0 Å². The zero-order valence-corrected chi connectivity index (χ0v) is 16.0. The van der Waals surface area contributed by atoms with Crippen LogP contribution >= 0.6 is 22.9 Å². The molecule has 0 spiro atoms. The number of rotatable bonds is 4. The minimum atomic E-state index is -0.0808. The fourth-order valence-corrected chi connectivity index (χ4v) is 3.54. The van der Waals surface area contributed by atoms with Gasteiger partial charge in [0.15, 0.2) is 5.13 Å². The van der Waals surface area contributed by atoms with Gasteiger partial charge in [-0.05, 0) is 55.7 Å². The summed E-state index contributed by atoms with van der Waals surface area (Å²) < 4.78 is 0. The van der Waals surface area contributed by atoms with Crippen LogP contribution < -0.4 is 5.32 Å². The number of carbonyl (C=O) groups is 1. The van der Waals surface area contributed by atoms with E-state index >= 15 is 0 Å². The number of anilines is 1. The fraction of sp³-hybridized carbons (Fsp3) is 0.200. The third kappa shape index (κ3) is 4.27. The Kier molecular flexibility index (Phi) is 5.21. The summed E-state index contributed by atoms with van der Waals surface area (Å²) in [4.78, 5) is 17.9. The van der Waals surface area contributed by atoms with Gasteiger partial charge in [-0.25, -0.2) is 4.98 Å². The molecule has 1 N–H and O–H groups in total. The van der Waals surface area contributed by atoms with Crippen molar-refractivity contribution in [3.8, 4) is 11.3 Å². The second-order valence-electron chi connectivity index (χ2n) is 6.07. The summed E-state index contributed by atoms with van der Waals surface area (Å²) in [5.74, 6) is -0.0808. The van der Waals surface area contributed by atoms with E-state index in [0.717, 1.165) is 21.7 Å². The standard InChI is InChI=1S/C20H19ClN2OS/c1-12-4-7-16(10-13(12)2)19-14(3)25-20(23-19)22-18(24)11-15-5-8-17(21)9-6-15/h4-10H,11H2,1-3H3,(H,22,23,24). The zero-order valence-electron chi connectivity index (χ0n) is 14.4. The molecule has 128 valence electrons. The average Bonchev–Trinajstić information content (AvgIpc) is 2.92. The van der Waals surface area contributed by atoms with Gasteiger partial charge in [0.2, 0.25) is 5.91 Å². The van der Waals surface area contributed by atoms with Crippen molar-refractivity contribution in [3.05, 3.63) is 69.1 Å². The normalized spacial score (nSPS) is 10.7. The van der Waals surface area contributed by atoms with Gasteiger partial charge < -0.3 is 5.32 Å². The average molecular weight is 371 g/mol. The van der Waals surface area contributed by atoms with Crippen molar-refractivity contribution in [2.24, 2.45) is 0 Å². The summed E-state index contributed by atoms with van der Waals surface area (Å²) in [6, 6.07) is 13.6.